The lowest BCUT2D eigenvalue weighted by molar-refractivity contribution is 0.0824. The van der Waals surface area contributed by atoms with Crippen LogP contribution in [0.2, 0.25) is 0 Å². The van der Waals surface area contributed by atoms with E-state index in [1.165, 1.54) is 40.5 Å². The molecule has 1 aromatic heterocycles. The van der Waals surface area contributed by atoms with Crippen LogP contribution >= 0.6 is 0 Å². The SMILES string of the molecule is CN(C)C(=O)c1cccc(Nc2c(NCc3ccccc3)c(=O)n(C)n(C)c2=O)c1O.COC. The van der Waals surface area contributed by atoms with Crippen molar-refractivity contribution in [3.8, 4) is 5.75 Å². The van der Waals surface area contributed by atoms with Gasteiger partial charge < -0.3 is 25.4 Å². The summed E-state index contributed by atoms with van der Waals surface area (Å²) in [7, 11) is 9.37. The molecule has 3 N–H and O–H groups in total. The Bertz CT molecular complexity index is 1250. The zero-order valence-corrected chi connectivity index (χ0v) is 20.2. The van der Waals surface area contributed by atoms with Crippen LogP contribution in [0.1, 0.15) is 15.9 Å². The Morgan fingerprint density at radius 2 is 1.50 bits per heavy atom. The Kier molecular flexibility index (Phi) is 9.02. The number of phenolic OH excluding ortho intramolecular Hbond substituents is 1. The summed E-state index contributed by atoms with van der Waals surface area (Å²) in [5, 5.41) is 16.5. The number of nitrogens with one attached hydrogen (secondary N) is 2. The molecule has 0 saturated heterocycles. The molecule has 0 atom stereocenters. The highest BCUT2D eigenvalue weighted by atomic mass is 16.4. The minimum atomic E-state index is -0.471. The monoisotopic (exact) mass is 469 g/mol. The molecule has 182 valence electrons. The van der Waals surface area contributed by atoms with E-state index in [0.29, 0.717) is 6.54 Å². The Hall–Kier alpha value is -4.05. The second-order valence-corrected chi connectivity index (χ2v) is 7.68. The Morgan fingerprint density at radius 1 is 0.941 bits per heavy atom. The Morgan fingerprint density at radius 3 is 2.06 bits per heavy atom. The van der Waals surface area contributed by atoms with Gasteiger partial charge in [-0.25, -0.2) is 9.36 Å². The predicted octanol–water partition coefficient (Wildman–Crippen LogP) is 2.11. The van der Waals surface area contributed by atoms with Crippen LogP contribution in [0.3, 0.4) is 0 Å². The van der Waals surface area contributed by atoms with Gasteiger partial charge in [0.25, 0.3) is 17.0 Å². The summed E-state index contributed by atoms with van der Waals surface area (Å²) in [6, 6.07) is 14.0. The predicted molar refractivity (Wildman–Crippen MR) is 133 cm³/mol. The first-order valence-electron chi connectivity index (χ1n) is 10.4. The lowest BCUT2D eigenvalue weighted by Gasteiger charge is -2.18. The maximum atomic E-state index is 13.0. The average Bonchev–Trinajstić information content (AvgIpc) is 2.82. The molecule has 0 aliphatic rings. The van der Waals surface area contributed by atoms with E-state index >= 15 is 0 Å². The number of aromatic hydroxyl groups is 1. The number of aromatic nitrogens is 2. The van der Waals surface area contributed by atoms with Gasteiger partial charge in [0.2, 0.25) is 0 Å². The van der Waals surface area contributed by atoms with Crippen molar-refractivity contribution in [3.05, 3.63) is 80.4 Å². The smallest absolute Gasteiger partial charge is 0.290 e. The molecule has 2 aromatic carbocycles. The highest BCUT2D eigenvalue weighted by molar-refractivity contribution is 5.98. The molecule has 3 rings (SSSR count). The van der Waals surface area contributed by atoms with Crippen LogP contribution in [0.25, 0.3) is 0 Å². The van der Waals surface area contributed by atoms with E-state index in [-0.39, 0.29) is 34.3 Å². The summed E-state index contributed by atoms with van der Waals surface area (Å²) >= 11 is 0. The summed E-state index contributed by atoms with van der Waals surface area (Å²) < 4.78 is 6.62. The summed E-state index contributed by atoms with van der Waals surface area (Å²) in [5.74, 6) is -0.696. The minimum Gasteiger partial charge on any atom is -0.505 e. The fourth-order valence-electron chi connectivity index (χ4n) is 3.07. The van der Waals surface area contributed by atoms with Crippen molar-refractivity contribution >= 4 is 23.0 Å². The van der Waals surface area contributed by atoms with E-state index in [1.54, 1.807) is 34.4 Å². The third-order valence-corrected chi connectivity index (χ3v) is 4.96. The van der Waals surface area contributed by atoms with Gasteiger partial charge in [0.15, 0.2) is 5.75 Å². The molecule has 0 bridgehead atoms. The van der Waals surface area contributed by atoms with Crippen LogP contribution in [-0.4, -0.2) is 53.6 Å². The molecule has 0 aliphatic heterocycles. The number of carbonyl (C=O) groups excluding carboxylic acids is 1. The lowest BCUT2D eigenvalue weighted by Crippen LogP contribution is -2.38. The van der Waals surface area contributed by atoms with E-state index in [4.69, 9.17) is 0 Å². The Labute approximate surface area is 198 Å². The average molecular weight is 470 g/mol. The highest BCUT2D eigenvalue weighted by Gasteiger charge is 2.20. The first-order chi connectivity index (χ1) is 16.1. The van der Waals surface area contributed by atoms with E-state index in [9.17, 15) is 19.5 Å². The molecule has 1 amide bonds. The molecule has 10 heteroatoms. The number of para-hydroxylation sites is 1. The van der Waals surface area contributed by atoms with Crippen LogP contribution in [0.15, 0.2) is 58.1 Å². The van der Waals surface area contributed by atoms with Crippen molar-refractivity contribution < 1.29 is 14.6 Å². The molecule has 34 heavy (non-hydrogen) atoms. The zero-order valence-electron chi connectivity index (χ0n) is 20.2. The molecule has 0 fully saturated rings. The molecule has 3 aromatic rings. The van der Waals surface area contributed by atoms with Crippen LogP contribution in [0.4, 0.5) is 17.1 Å². The van der Waals surface area contributed by atoms with Gasteiger partial charge in [-0.05, 0) is 17.7 Å². The molecule has 0 spiro atoms. The van der Waals surface area contributed by atoms with Gasteiger partial charge >= 0.3 is 0 Å². The van der Waals surface area contributed by atoms with Crippen LogP contribution in [0.5, 0.6) is 5.75 Å². The molecule has 10 nitrogen and oxygen atoms in total. The third kappa shape index (κ3) is 5.84. The van der Waals surface area contributed by atoms with Gasteiger partial charge in [-0.15, -0.1) is 0 Å². The lowest BCUT2D eigenvalue weighted by atomic mass is 10.1. The number of amides is 1. The highest BCUT2D eigenvalue weighted by Crippen LogP contribution is 2.31. The molecule has 0 saturated carbocycles. The number of methoxy groups -OCH3 is 1. The number of nitrogens with zero attached hydrogens (tertiary/aromatic N) is 3. The number of phenols is 1. The van der Waals surface area contributed by atoms with E-state index in [0.717, 1.165) is 5.56 Å². The van der Waals surface area contributed by atoms with Crippen molar-refractivity contribution in [2.75, 3.05) is 38.9 Å². The van der Waals surface area contributed by atoms with Crippen molar-refractivity contribution in [2.45, 2.75) is 6.54 Å². The number of rotatable bonds is 6. The largest absolute Gasteiger partial charge is 0.505 e. The number of anilines is 3. The molecular formula is C24H31N5O5. The number of ether oxygens (including phenoxy) is 1. The molecule has 0 radical (unpaired) electrons. The maximum Gasteiger partial charge on any atom is 0.290 e. The second-order valence-electron chi connectivity index (χ2n) is 7.68. The summed E-state index contributed by atoms with van der Waals surface area (Å²) in [5.41, 5.74) is 0.305. The molecule has 1 heterocycles. The van der Waals surface area contributed by atoms with E-state index < -0.39 is 11.1 Å². The van der Waals surface area contributed by atoms with Gasteiger partial charge in [-0.1, -0.05) is 36.4 Å². The van der Waals surface area contributed by atoms with Crippen LogP contribution < -0.4 is 21.8 Å². The van der Waals surface area contributed by atoms with Crippen LogP contribution in [-0.2, 0) is 25.4 Å². The van der Waals surface area contributed by atoms with Crippen molar-refractivity contribution in [1.29, 1.82) is 0 Å². The maximum absolute atomic E-state index is 13.0. The summed E-state index contributed by atoms with van der Waals surface area (Å²) in [6.07, 6.45) is 0. The van der Waals surface area contributed by atoms with E-state index in [1.807, 2.05) is 30.3 Å². The van der Waals surface area contributed by atoms with Gasteiger partial charge in [-0.2, -0.15) is 0 Å². The standard InChI is InChI=1S/C22H25N5O4.C2H6O/c1-25(2)20(29)15-11-8-12-16(19(15)28)24-18-17(21(30)26(3)27(4)22(18)31)23-13-14-9-6-5-7-10-14;1-3-2/h5-12,23-24,28H,13H2,1-4H3;1-2H3. The third-order valence-electron chi connectivity index (χ3n) is 4.96. The second kappa shape index (κ2) is 11.7. The van der Waals surface area contributed by atoms with Crippen molar-refractivity contribution in [2.24, 2.45) is 14.1 Å². The first-order valence-corrected chi connectivity index (χ1v) is 10.4. The fraction of sp³-hybridized carbons (Fsp3) is 0.292. The number of carbonyl (C=O) groups is 1. The molecule has 0 aliphatic carbocycles. The summed E-state index contributed by atoms with van der Waals surface area (Å²) in [4.78, 5) is 39.5. The zero-order chi connectivity index (χ0) is 25.4. The minimum absolute atomic E-state index is 0.0220. The first kappa shape index (κ1) is 26.2. The topological polar surface area (TPSA) is 118 Å². The van der Waals surface area contributed by atoms with Crippen LogP contribution in [0, 0.1) is 0 Å². The molecular weight excluding hydrogens is 438 g/mol. The van der Waals surface area contributed by atoms with Gasteiger partial charge in [0.1, 0.15) is 11.4 Å². The van der Waals surface area contributed by atoms with Gasteiger partial charge in [0.05, 0.1) is 11.3 Å². The van der Waals surface area contributed by atoms with Gasteiger partial charge in [0, 0.05) is 49.0 Å². The summed E-state index contributed by atoms with van der Waals surface area (Å²) in [6.45, 7) is 0.322. The normalized spacial score (nSPS) is 10.2. The number of benzene rings is 2. The fourth-order valence-corrected chi connectivity index (χ4v) is 3.07. The number of hydrogen-bond donors (Lipinski definition) is 3. The number of hydrogen-bond acceptors (Lipinski definition) is 7. The van der Waals surface area contributed by atoms with Crippen molar-refractivity contribution in [3.63, 3.8) is 0 Å². The van der Waals surface area contributed by atoms with Gasteiger partial charge in [-0.3, -0.25) is 14.4 Å². The Balaban J connectivity index is 0.00000129. The quantitative estimate of drug-likeness (QED) is 0.473. The van der Waals surface area contributed by atoms with Crippen molar-refractivity contribution in [1.82, 2.24) is 14.3 Å². The molecule has 0 unspecified atom stereocenters. The van der Waals surface area contributed by atoms with E-state index in [2.05, 4.69) is 15.4 Å².